The summed E-state index contributed by atoms with van der Waals surface area (Å²) in [6.45, 7) is 2.84. The van der Waals surface area contributed by atoms with Gasteiger partial charge in [0, 0.05) is 24.5 Å². The van der Waals surface area contributed by atoms with Gasteiger partial charge in [-0.15, -0.1) is 0 Å². The van der Waals surface area contributed by atoms with E-state index < -0.39 is 0 Å². The van der Waals surface area contributed by atoms with Crippen LogP contribution in [0.3, 0.4) is 0 Å². The van der Waals surface area contributed by atoms with Crippen molar-refractivity contribution in [1.29, 1.82) is 0 Å². The van der Waals surface area contributed by atoms with E-state index in [-0.39, 0.29) is 0 Å². The molecule has 2 aliphatic rings. The minimum Gasteiger partial charge on any atom is -0.385 e. The van der Waals surface area contributed by atoms with Crippen molar-refractivity contribution in [1.82, 2.24) is 0 Å². The summed E-state index contributed by atoms with van der Waals surface area (Å²) in [6.07, 6.45) is 3.55. The second-order valence-electron chi connectivity index (χ2n) is 4.61. The number of benzene rings is 1. The van der Waals surface area contributed by atoms with Crippen molar-refractivity contribution in [3.05, 3.63) is 23.8 Å². The molecular weight excluding hydrogens is 200 g/mol. The van der Waals surface area contributed by atoms with E-state index in [1.807, 2.05) is 0 Å². The number of ether oxygens (including phenoxy) is 1. The van der Waals surface area contributed by atoms with E-state index in [9.17, 15) is 0 Å². The molecule has 1 aromatic carbocycles. The zero-order valence-electron chi connectivity index (χ0n) is 9.46. The molecule has 2 heterocycles. The van der Waals surface area contributed by atoms with E-state index in [4.69, 9.17) is 4.74 Å². The van der Waals surface area contributed by atoms with Gasteiger partial charge in [-0.05, 0) is 43.0 Å². The van der Waals surface area contributed by atoms with Crippen LogP contribution in [0, 0.1) is 0 Å². The number of hydrogen-bond donors (Lipinski definition) is 2. The third-order valence-electron chi connectivity index (χ3n) is 3.34. The van der Waals surface area contributed by atoms with Crippen molar-refractivity contribution in [2.75, 3.05) is 30.4 Å². The predicted molar refractivity (Wildman–Crippen MR) is 66.1 cm³/mol. The van der Waals surface area contributed by atoms with Crippen LogP contribution >= 0.6 is 0 Å². The Morgan fingerprint density at radius 3 is 3.25 bits per heavy atom. The van der Waals surface area contributed by atoms with E-state index >= 15 is 0 Å². The minimum atomic E-state index is 0.495. The number of nitrogens with one attached hydrogen (secondary N) is 2. The van der Waals surface area contributed by atoms with Gasteiger partial charge in [-0.25, -0.2) is 0 Å². The fourth-order valence-corrected chi connectivity index (χ4v) is 2.45. The molecule has 0 radical (unpaired) electrons. The zero-order valence-corrected chi connectivity index (χ0v) is 9.46. The monoisotopic (exact) mass is 218 g/mol. The van der Waals surface area contributed by atoms with E-state index in [0.29, 0.717) is 6.04 Å². The SMILES string of the molecule is c1cc2c(cc1NC1CCOC1)CCCN2. The normalized spacial score (nSPS) is 23.6. The van der Waals surface area contributed by atoms with Crippen LogP contribution in [0.15, 0.2) is 18.2 Å². The van der Waals surface area contributed by atoms with Crippen molar-refractivity contribution in [2.45, 2.75) is 25.3 Å². The van der Waals surface area contributed by atoms with Gasteiger partial charge in [0.1, 0.15) is 0 Å². The van der Waals surface area contributed by atoms with E-state index in [0.717, 1.165) is 26.2 Å². The van der Waals surface area contributed by atoms with Gasteiger partial charge in [-0.2, -0.15) is 0 Å². The quantitative estimate of drug-likeness (QED) is 0.798. The fourth-order valence-electron chi connectivity index (χ4n) is 2.45. The molecule has 3 rings (SSSR count). The maximum absolute atomic E-state index is 5.37. The molecule has 1 unspecified atom stereocenters. The second-order valence-corrected chi connectivity index (χ2v) is 4.61. The van der Waals surface area contributed by atoms with Crippen molar-refractivity contribution in [3.8, 4) is 0 Å². The van der Waals surface area contributed by atoms with Crippen LogP contribution < -0.4 is 10.6 Å². The number of anilines is 2. The van der Waals surface area contributed by atoms with Crippen molar-refractivity contribution >= 4 is 11.4 Å². The van der Waals surface area contributed by atoms with E-state index in [1.54, 1.807) is 0 Å². The van der Waals surface area contributed by atoms with Crippen LogP contribution in [0.25, 0.3) is 0 Å². The summed E-state index contributed by atoms with van der Waals surface area (Å²) in [6, 6.07) is 7.12. The lowest BCUT2D eigenvalue weighted by Crippen LogP contribution is -2.19. The van der Waals surface area contributed by atoms with Crippen LogP contribution in [0.2, 0.25) is 0 Å². The first-order chi connectivity index (χ1) is 7.92. The topological polar surface area (TPSA) is 33.3 Å². The lowest BCUT2D eigenvalue weighted by atomic mass is 10.0. The summed E-state index contributed by atoms with van der Waals surface area (Å²) in [4.78, 5) is 0. The highest BCUT2D eigenvalue weighted by atomic mass is 16.5. The highest BCUT2D eigenvalue weighted by Crippen LogP contribution is 2.26. The van der Waals surface area contributed by atoms with Crippen LogP contribution in [-0.2, 0) is 11.2 Å². The first kappa shape index (κ1) is 9.97. The smallest absolute Gasteiger partial charge is 0.0668 e. The molecule has 0 aromatic heterocycles. The maximum atomic E-state index is 5.37. The lowest BCUT2D eigenvalue weighted by molar-refractivity contribution is 0.195. The first-order valence-corrected chi connectivity index (χ1v) is 6.13. The molecular formula is C13H18N2O. The molecule has 3 nitrogen and oxygen atoms in total. The van der Waals surface area contributed by atoms with Crippen LogP contribution in [0.5, 0.6) is 0 Å². The molecule has 3 heteroatoms. The Kier molecular flexibility index (Phi) is 2.70. The Bertz CT molecular complexity index is 372. The highest BCUT2D eigenvalue weighted by molar-refractivity contribution is 5.61. The van der Waals surface area contributed by atoms with Gasteiger partial charge >= 0.3 is 0 Å². The summed E-state index contributed by atoms with van der Waals surface area (Å²) in [5.74, 6) is 0. The molecule has 2 N–H and O–H groups in total. The van der Waals surface area contributed by atoms with Crippen LogP contribution in [0.4, 0.5) is 11.4 Å². The molecule has 0 amide bonds. The van der Waals surface area contributed by atoms with E-state index in [1.165, 1.54) is 29.8 Å². The summed E-state index contributed by atoms with van der Waals surface area (Å²) in [7, 11) is 0. The molecule has 1 atom stereocenters. The summed E-state index contributed by atoms with van der Waals surface area (Å²) >= 11 is 0. The lowest BCUT2D eigenvalue weighted by Gasteiger charge is -2.20. The van der Waals surface area contributed by atoms with Crippen LogP contribution in [0.1, 0.15) is 18.4 Å². The fraction of sp³-hybridized carbons (Fsp3) is 0.538. The van der Waals surface area contributed by atoms with Gasteiger partial charge in [0.15, 0.2) is 0 Å². The Labute approximate surface area is 96.2 Å². The average Bonchev–Trinajstić information content (AvgIpc) is 2.82. The first-order valence-electron chi connectivity index (χ1n) is 6.13. The molecule has 1 saturated heterocycles. The molecule has 1 fully saturated rings. The Balaban J connectivity index is 1.74. The van der Waals surface area contributed by atoms with Gasteiger partial charge in [0.2, 0.25) is 0 Å². The third-order valence-corrected chi connectivity index (χ3v) is 3.34. The standard InChI is InChI=1S/C13H18N2O/c1-2-10-8-11(3-4-13(10)14-6-1)15-12-5-7-16-9-12/h3-4,8,12,14-15H,1-2,5-7,9H2. The summed E-state index contributed by atoms with van der Waals surface area (Å²) in [5.41, 5.74) is 3.98. The highest BCUT2D eigenvalue weighted by Gasteiger charge is 2.16. The molecule has 0 bridgehead atoms. The molecule has 0 saturated carbocycles. The largest absolute Gasteiger partial charge is 0.385 e. The van der Waals surface area contributed by atoms with Gasteiger partial charge in [-0.1, -0.05) is 0 Å². The van der Waals surface area contributed by atoms with Crippen molar-refractivity contribution in [2.24, 2.45) is 0 Å². The molecule has 0 spiro atoms. The number of fused-ring (bicyclic) bond motifs is 1. The predicted octanol–water partition coefficient (Wildman–Crippen LogP) is 2.25. The minimum absolute atomic E-state index is 0.495. The van der Waals surface area contributed by atoms with Gasteiger partial charge in [0.25, 0.3) is 0 Å². The molecule has 2 aliphatic heterocycles. The summed E-state index contributed by atoms with van der Waals surface area (Å²) in [5, 5.41) is 6.97. The zero-order chi connectivity index (χ0) is 10.8. The van der Waals surface area contributed by atoms with Crippen molar-refractivity contribution < 1.29 is 4.74 Å². The van der Waals surface area contributed by atoms with Gasteiger partial charge in [0.05, 0.1) is 12.6 Å². The summed E-state index contributed by atoms with van der Waals surface area (Å²) < 4.78 is 5.37. The van der Waals surface area contributed by atoms with Gasteiger partial charge in [-0.3, -0.25) is 0 Å². The van der Waals surface area contributed by atoms with Crippen LogP contribution in [-0.4, -0.2) is 25.8 Å². The Hall–Kier alpha value is -1.22. The molecule has 1 aromatic rings. The third kappa shape index (κ3) is 2.00. The maximum Gasteiger partial charge on any atom is 0.0668 e. The average molecular weight is 218 g/mol. The van der Waals surface area contributed by atoms with Crippen molar-refractivity contribution in [3.63, 3.8) is 0 Å². The molecule has 86 valence electrons. The number of rotatable bonds is 2. The molecule has 0 aliphatic carbocycles. The second kappa shape index (κ2) is 4.34. The Morgan fingerprint density at radius 1 is 1.38 bits per heavy atom. The molecule has 16 heavy (non-hydrogen) atoms. The van der Waals surface area contributed by atoms with Gasteiger partial charge < -0.3 is 15.4 Å². The number of aryl methyl sites for hydroxylation is 1. The van der Waals surface area contributed by atoms with E-state index in [2.05, 4.69) is 28.8 Å². The number of hydrogen-bond acceptors (Lipinski definition) is 3. The Morgan fingerprint density at radius 2 is 2.38 bits per heavy atom.